The minimum absolute atomic E-state index is 0.487. The molecule has 0 saturated heterocycles. The molecule has 1 aliphatic carbocycles. The van der Waals surface area contributed by atoms with Crippen molar-refractivity contribution >= 4 is 0 Å². The Morgan fingerprint density at radius 2 is 1.86 bits per heavy atom. The number of nitrogens with one attached hydrogen (secondary N) is 1. The van der Waals surface area contributed by atoms with Gasteiger partial charge in [0.25, 0.3) is 0 Å². The fourth-order valence-electron chi connectivity index (χ4n) is 1.90. The third-order valence-corrected chi connectivity index (χ3v) is 3.88. The van der Waals surface area contributed by atoms with Crippen LogP contribution in [0, 0.1) is 11.3 Å². The fraction of sp³-hybridized carbons (Fsp3) is 1.00. The summed E-state index contributed by atoms with van der Waals surface area (Å²) >= 11 is 0. The average molecular weight is 199 g/mol. The summed E-state index contributed by atoms with van der Waals surface area (Å²) < 4.78 is 0. The van der Waals surface area contributed by atoms with E-state index < -0.39 is 5.60 Å². The Hall–Kier alpha value is -0.0800. The SMILES string of the molecule is CCC(O)(CC)CNCC1CC1(C)C. The Balaban J connectivity index is 2.15. The molecule has 14 heavy (non-hydrogen) atoms. The molecular weight excluding hydrogens is 174 g/mol. The minimum atomic E-state index is -0.487. The minimum Gasteiger partial charge on any atom is -0.389 e. The highest BCUT2D eigenvalue weighted by molar-refractivity contribution is 4.96. The van der Waals surface area contributed by atoms with Gasteiger partial charge in [-0.2, -0.15) is 0 Å². The average Bonchev–Trinajstić information content (AvgIpc) is 2.74. The monoisotopic (exact) mass is 199 g/mol. The van der Waals surface area contributed by atoms with E-state index in [2.05, 4.69) is 19.2 Å². The molecule has 84 valence electrons. The van der Waals surface area contributed by atoms with Gasteiger partial charge in [0.05, 0.1) is 5.60 Å². The van der Waals surface area contributed by atoms with Gasteiger partial charge in [-0.25, -0.2) is 0 Å². The molecule has 1 saturated carbocycles. The second-order valence-corrected chi connectivity index (χ2v) is 5.45. The van der Waals surface area contributed by atoms with Crippen molar-refractivity contribution in [2.24, 2.45) is 11.3 Å². The van der Waals surface area contributed by atoms with Gasteiger partial charge in [-0.05, 0) is 37.1 Å². The molecule has 2 heteroatoms. The van der Waals surface area contributed by atoms with E-state index in [9.17, 15) is 5.11 Å². The summed E-state index contributed by atoms with van der Waals surface area (Å²) in [4.78, 5) is 0. The number of aliphatic hydroxyl groups is 1. The van der Waals surface area contributed by atoms with E-state index in [1.807, 2.05) is 13.8 Å². The van der Waals surface area contributed by atoms with Crippen LogP contribution in [0.15, 0.2) is 0 Å². The normalized spacial score (nSPS) is 25.1. The molecule has 0 amide bonds. The van der Waals surface area contributed by atoms with Crippen LogP contribution in [0.1, 0.15) is 47.0 Å². The van der Waals surface area contributed by atoms with Crippen LogP contribution in [0.25, 0.3) is 0 Å². The van der Waals surface area contributed by atoms with Crippen molar-refractivity contribution in [2.75, 3.05) is 13.1 Å². The maximum absolute atomic E-state index is 10.0. The van der Waals surface area contributed by atoms with Crippen LogP contribution in [0.2, 0.25) is 0 Å². The van der Waals surface area contributed by atoms with Crippen molar-refractivity contribution in [3.05, 3.63) is 0 Å². The van der Waals surface area contributed by atoms with E-state index in [0.29, 0.717) is 5.41 Å². The molecule has 0 heterocycles. The van der Waals surface area contributed by atoms with Gasteiger partial charge in [-0.3, -0.25) is 0 Å². The van der Waals surface area contributed by atoms with Crippen molar-refractivity contribution in [3.63, 3.8) is 0 Å². The van der Waals surface area contributed by atoms with E-state index in [-0.39, 0.29) is 0 Å². The fourth-order valence-corrected chi connectivity index (χ4v) is 1.90. The smallest absolute Gasteiger partial charge is 0.0766 e. The second-order valence-electron chi connectivity index (χ2n) is 5.45. The summed E-state index contributed by atoms with van der Waals surface area (Å²) in [5, 5.41) is 13.4. The van der Waals surface area contributed by atoms with E-state index in [0.717, 1.165) is 31.8 Å². The van der Waals surface area contributed by atoms with Crippen molar-refractivity contribution in [3.8, 4) is 0 Å². The van der Waals surface area contributed by atoms with Gasteiger partial charge >= 0.3 is 0 Å². The van der Waals surface area contributed by atoms with Crippen LogP contribution >= 0.6 is 0 Å². The molecule has 0 radical (unpaired) electrons. The van der Waals surface area contributed by atoms with Gasteiger partial charge in [-0.15, -0.1) is 0 Å². The van der Waals surface area contributed by atoms with Crippen molar-refractivity contribution < 1.29 is 5.11 Å². The first-order valence-electron chi connectivity index (χ1n) is 5.86. The Kier molecular flexibility index (Phi) is 3.59. The standard InChI is InChI=1S/C12H25NO/c1-5-12(14,6-2)9-13-8-10-7-11(10,3)4/h10,13-14H,5-9H2,1-4H3. The van der Waals surface area contributed by atoms with Crippen molar-refractivity contribution in [2.45, 2.75) is 52.6 Å². The molecule has 0 bridgehead atoms. The molecule has 0 aromatic rings. The third-order valence-electron chi connectivity index (χ3n) is 3.88. The first kappa shape index (κ1) is 12.0. The third kappa shape index (κ3) is 2.96. The van der Waals surface area contributed by atoms with E-state index in [1.54, 1.807) is 0 Å². The maximum atomic E-state index is 10.0. The van der Waals surface area contributed by atoms with Crippen LogP contribution in [0.4, 0.5) is 0 Å². The lowest BCUT2D eigenvalue weighted by Crippen LogP contribution is -2.40. The summed E-state index contributed by atoms with van der Waals surface area (Å²) in [6.45, 7) is 10.5. The molecule has 1 fully saturated rings. The molecule has 1 unspecified atom stereocenters. The molecule has 0 aromatic carbocycles. The zero-order chi connectivity index (χ0) is 10.8. The number of hydrogen-bond acceptors (Lipinski definition) is 2. The van der Waals surface area contributed by atoms with E-state index in [4.69, 9.17) is 0 Å². The second kappa shape index (κ2) is 4.19. The highest BCUT2D eigenvalue weighted by Crippen LogP contribution is 2.50. The zero-order valence-corrected chi connectivity index (χ0v) is 10.1. The van der Waals surface area contributed by atoms with Gasteiger partial charge in [0, 0.05) is 6.54 Å². The molecular formula is C12H25NO. The molecule has 1 atom stereocenters. The van der Waals surface area contributed by atoms with Crippen molar-refractivity contribution in [1.29, 1.82) is 0 Å². The summed E-state index contributed by atoms with van der Waals surface area (Å²) in [7, 11) is 0. The van der Waals surface area contributed by atoms with Crippen molar-refractivity contribution in [1.82, 2.24) is 5.32 Å². The topological polar surface area (TPSA) is 32.3 Å². The molecule has 0 aliphatic heterocycles. The maximum Gasteiger partial charge on any atom is 0.0766 e. The lowest BCUT2D eigenvalue weighted by Gasteiger charge is -2.25. The first-order valence-corrected chi connectivity index (χ1v) is 5.86. The predicted octanol–water partition coefficient (Wildman–Crippen LogP) is 2.17. The number of hydrogen-bond donors (Lipinski definition) is 2. The lowest BCUT2D eigenvalue weighted by molar-refractivity contribution is 0.0323. The summed E-state index contributed by atoms with van der Waals surface area (Å²) in [6.07, 6.45) is 3.01. The Bertz CT molecular complexity index is 185. The van der Waals surface area contributed by atoms with Crippen LogP contribution in [0.3, 0.4) is 0 Å². The predicted molar refractivity (Wildman–Crippen MR) is 60.3 cm³/mol. The van der Waals surface area contributed by atoms with Gasteiger partial charge in [0.15, 0.2) is 0 Å². The Morgan fingerprint density at radius 1 is 1.36 bits per heavy atom. The zero-order valence-electron chi connectivity index (χ0n) is 10.1. The first-order chi connectivity index (χ1) is 6.43. The molecule has 1 aliphatic rings. The van der Waals surface area contributed by atoms with Crippen LogP contribution in [-0.2, 0) is 0 Å². The van der Waals surface area contributed by atoms with Gasteiger partial charge < -0.3 is 10.4 Å². The number of rotatable bonds is 6. The van der Waals surface area contributed by atoms with Gasteiger partial charge in [0.2, 0.25) is 0 Å². The highest BCUT2D eigenvalue weighted by Gasteiger charge is 2.44. The van der Waals surface area contributed by atoms with Gasteiger partial charge in [-0.1, -0.05) is 27.7 Å². The van der Waals surface area contributed by atoms with Crippen LogP contribution < -0.4 is 5.32 Å². The summed E-state index contributed by atoms with van der Waals surface area (Å²) in [6, 6.07) is 0. The van der Waals surface area contributed by atoms with Crippen LogP contribution in [-0.4, -0.2) is 23.8 Å². The van der Waals surface area contributed by atoms with E-state index >= 15 is 0 Å². The summed E-state index contributed by atoms with van der Waals surface area (Å²) in [5.41, 5.74) is 0.0581. The molecule has 0 spiro atoms. The largest absolute Gasteiger partial charge is 0.389 e. The molecule has 1 rings (SSSR count). The van der Waals surface area contributed by atoms with Gasteiger partial charge in [0.1, 0.15) is 0 Å². The Labute approximate surface area is 88.1 Å². The molecule has 2 nitrogen and oxygen atoms in total. The lowest BCUT2D eigenvalue weighted by atomic mass is 9.97. The Morgan fingerprint density at radius 3 is 2.21 bits per heavy atom. The quantitative estimate of drug-likeness (QED) is 0.687. The highest BCUT2D eigenvalue weighted by atomic mass is 16.3. The molecule has 2 N–H and O–H groups in total. The van der Waals surface area contributed by atoms with E-state index in [1.165, 1.54) is 6.42 Å². The molecule has 0 aromatic heterocycles. The summed E-state index contributed by atoms with van der Waals surface area (Å²) in [5.74, 6) is 0.820. The van der Waals surface area contributed by atoms with Crippen LogP contribution in [0.5, 0.6) is 0 Å².